The van der Waals surface area contributed by atoms with Gasteiger partial charge in [-0.1, -0.05) is 25.7 Å². The molecule has 0 unspecified atom stereocenters. The molecule has 1 aliphatic carbocycles. The lowest BCUT2D eigenvalue weighted by Crippen LogP contribution is -2.36. The SMILES string of the molecule is Nc1ncnc(NCC2(O)CCCCCC2)c1Br. The van der Waals surface area contributed by atoms with E-state index in [4.69, 9.17) is 5.73 Å². The molecule has 0 spiro atoms. The Labute approximate surface area is 115 Å². The van der Waals surface area contributed by atoms with E-state index in [1.165, 1.54) is 19.2 Å². The molecule has 0 amide bonds. The fourth-order valence-electron chi connectivity index (χ4n) is 2.32. The highest BCUT2D eigenvalue weighted by Crippen LogP contribution is 2.29. The fraction of sp³-hybridized carbons (Fsp3) is 0.667. The van der Waals surface area contributed by atoms with Gasteiger partial charge in [0.1, 0.15) is 22.4 Å². The number of anilines is 2. The van der Waals surface area contributed by atoms with E-state index in [1.54, 1.807) is 0 Å². The zero-order valence-electron chi connectivity index (χ0n) is 10.3. The minimum atomic E-state index is -0.629. The van der Waals surface area contributed by atoms with Crippen molar-refractivity contribution in [1.29, 1.82) is 0 Å². The third kappa shape index (κ3) is 3.32. The summed E-state index contributed by atoms with van der Waals surface area (Å²) in [6, 6.07) is 0. The van der Waals surface area contributed by atoms with Gasteiger partial charge in [0.15, 0.2) is 0 Å². The summed E-state index contributed by atoms with van der Waals surface area (Å²) in [4.78, 5) is 8.00. The molecule has 0 radical (unpaired) electrons. The molecule has 18 heavy (non-hydrogen) atoms. The molecule has 0 saturated heterocycles. The number of hydrogen-bond acceptors (Lipinski definition) is 5. The van der Waals surface area contributed by atoms with E-state index in [9.17, 15) is 5.11 Å². The third-order valence-corrected chi connectivity index (χ3v) is 4.22. The number of nitrogens with two attached hydrogens (primary N) is 1. The van der Waals surface area contributed by atoms with Crippen molar-refractivity contribution in [1.82, 2.24) is 9.97 Å². The Balaban J connectivity index is 1.99. The monoisotopic (exact) mass is 314 g/mol. The van der Waals surface area contributed by atoms with Gasteiger partial charge in [-0.25, -0.2) is 9.97 Å². The van der Waals surface area contributed by atoms with Crippen molar-refractivity contribution in [3.63, 3.8) is 0 Å². The molecule has 1 aromatic heterocycles. The van der Waals surface area contributed by atoms with Crippen LogP contribution in [0.2, 0.25) is 0 Å². The molecule has 1 heterocycles. The standard InChI is InChI=1S/C12H19BrN4O/c13-9-10(14)16-8-17-11(9)15-7-12(18)5-3-1-2-4-6-12/h8,18H,1-7H2,(H3,14,15,16,17). The highest BCUT2D eigenvalue weighted by molar-refractivity contribution is 9.10. The maximum atomic E-state index is 10.5. The van der Waals surface area contributed by atoms with Crippen LogP contribution >= 0.6 is 15.9 Å². The zero-order valence-corrected chi connectivity index (χ0v) is 11.9. The quantitative estimate of drug-likeness (QED) is 0.746. The second-order valence-electron chi connectivity index (χ2n) is 4.91. The Morgan fingerprint density at radius 2 is 1.94 bits per heavy atom. The Kier molecular flexibility index (Phi) is 4.40. The second kappa shape index (κ2) is 5.84. The van der Waals surface area contributed by atoms with Crippen molar-refractivity contribution < 1.29 is 5.11 Å². The van der Waals surface area contributed by atoms with E-state index < -0.39 is 5.60 Å². The van der Waals surface area contributed by atoms with E-state index in [2.05, 4.69) is 31.2 Å². The minimum Gasteiger partial charge on any atom is -0.388 e. The van der Waals surface area contributed by atoms with E-state index in [0.29, 0.717) is 22.7 Å². The molecule has 1 aromatic rings. The number of hydrogen-bond donors (Lipinski definition) is 3. The van der Waals surface area contributed by atoms with Crippen LogP contribution in [-0.2, 0) is 0 Å². The molecule has 1 aliphatic rings. The maximum Gasteiger partial charge on any atom is 0.146 e. The number of halogens is 1. The predicted octanol–water partition coefficient (Wildman–Crippen LogP) is 2.32. The lowest BCUT2D eigenvalue weighted by molar-refractivity contribution is 0.0380. The first-order valence-corrected chi connectivity index (χ1v) is 7.12. The Hall–Kier alpha value is -0.880. The number of aliphatic hydroxyl groups is 1. The van der Waals surface area contributed by atoms with Crippen molar-refractivity contribution in [2.24, 2.45) is 0 Å². The van der Waals surface area contributed by atoms with Gasteiger partial charge in [0.05, 0.1) is 5.60 Å². The molecule has 0 atom stereocenters. The molecule has 100 valence electrons. The average molecular weight is 315 g/mol. The lowest BCUT2D eigenvalue weighted by Gasteiger charge is -2.27. The number of rotatable bonds is 3. The normalized spacial score (nSPS) is 19.2. The first-order valence-electron chi connectivity index (χ1n) is 6.33. The van der Waals surface area contributed by atoms with E-state index in [0.717, 1.165) is 25.7 Å². The number of nitrogens with one attached hydrogen (secondary N) is 1. The molecule has 5 nitrogen and oxygen atoms in total. The van der Waals surface area contributed by atoms with Crippen molar-refractivity contribution in [3.8, 4) is 0 Å². The zero-order chi connectivity index (χ0) is 13.0. The van der Waals surface area contributed by atoms with Crippen molar-refractivity contribution in [3.05, 3.63) is 10.8 Å². The van der Waals surface area contributed by atoms with Gasteiger partial charge in [0.25, 0.3) is 0 Å². The molecule has 0 bridgehead atoms. The molecule has 4 N–H and O–H groups in total. The summed E-state index contributed by atoms with van der Waals surface area (Å²) in [6.07, 6.45) is 7.71. The van der Waals surface area contributed by atoms with Crippen molar-refractivity contribution in [2.45, 2.75) is 44.1 Å². The van der Waals surface area contributed by atoms with E-state index in [-0.39, 0.29) is 0 Å². The summed E-state index contributed by atoms with van der Waals surface area (Å²) >= 11 is 3.34. The first kappa shape index (κ1) is 13.5. The summed E-state index contributed by atoms with van der Waals surface area (Å²) < 4.78 is 0.655. The molecule has 6 heteroatoms. The molecule has 1 saturated carbocycles. The van der Waals surface area contributed by atoms with Crippen LogP contribution in [0.4, 0.5) is 11.6 Å². The highest BCUT2D eigenvalue weighted by atomic mass is 79.9. The van der Waals surface area contributed by atoms with E-state index >= 15 is 0 Å². The Bertz CT molecular complexity index is 405. The van der Waals surface area contributed by atoms with Crippen LogP contribution in [0.1, 0.15) is 38.5 Å². The fourth-order valence-corrected chi connectivity index (χ4v) is 2.66. The van der Waals surface area contributed by atoms with Gasteiger partial charge < -0.3 is 16.2 Å². The third-order valence-electron chi connectivity index (χ3n) is 3.44. The molecular weight excluding hydrogens is 296 g/mol. The van der Waals surface area contributed by atoms with Gasteiger partial charge in [-0.05, 0) is 28.8 Å². The van der Waals surface area contributed by atoms with Gasteiger partial charge >= 0.3 is 0 Å². The van der Waals surface area contributed by atoms with Crippen LogP contribution < -0.4 is 11.1 Å². The highest BCUT2D eigenvalue weighted by Gasteiger charge is 2.28. The molecular formula is C12H19BrN4O. The van der Waals surface area contributed by atoms with Gasteiger partial charge in [0.2, 0.25) is 0 Å². The van der Waals surface area contributed by atoms with Crippen LogP contribution in [0.15, 0.2) is 10.8 Å². The number of nitrogen functional groups attached to an aromatic ring is 1. The molecule has 0 aromatic carbocycles. The number of nitrogens with zero attached hydrogens (tertiary/aromatic N) is 2. The summed E-state index contributed by atoms with van der Waals surface area (Å²) in [6.45, 7) is 0.502. The van der Waals surface area contributed by atoms with Crippen LogP contribution in [0.3, 0.4) is 0 Å². The largest absolute Gasteiger partial charge is 0.388 e. The molecule has 0 aliphatic heterocycles. The Morgan fingerprint density at radius 1 is 1.28 bits per heavy atom. The first-order chi connectivity index (χ1) is 8.61. The summed E-state index contributed by atoms with van der Waals surface area (Å²) in [5.74, 6) is 1.04. The second-order valence-corrected chi connectivity index (χ2v) is 5.71. The van der Waals surface area contributed by atoms with Crippen molar-refractivity contribution >= 4 is 27.6 Å². The van der Waals surface area contributed by atoms with Crippen LogP contribution in [0, 0.1) is 0 Å². The molecule has 1 fully saturated rings. The maximum absolute atomic E-state index is 10.5. The van der Waals surface area contributed by atoms with Gasteiger partial charge in [0, 0.05) is 6.54 Å². The van der Waals surface area contributed by atoms with Crippen molar-refractivity contribution in [2.75, 3.05) is 17.6 Å². The predicted molar refractivity (Wildman–Crippen MR) is 75.3 cm³/mol. The summed E-state index contributed by atoms with van der Waals surface area (Å²) in [7, 11) is 0. The Morgan fingerprint density at radius 3 is 2.61 bits per heavy atom. The minimum absolute atomic E-state index is 0.403. The van der Waals surface area contributed by atoms with Crippen LogP contribution in [-0.4, -0.2) is 27.2 Å². The molecule has 2 rings (SSSR count). The average Bonchev–Trinajstić information content (AvgIpc) is 2.57. The van der Waals surface area contributed by atoms with Crippen LogP contribution in [0.5, 0.6) is 0 Å². The van der Waals surface area contributed by atoms with Gasteiger partial charge in [-0.3, -0.25) is 0 Å². The summed E-state index contributed by atoms with van der Waals surface area (Å²) in [5, 5.41) is 13.7. The van der Waals surface area contributed by atoms with Gasteiger partial charge in [-0.15, -0.1) is 0 Å². The smallest absolute Gasteiger partial charge is 0.146 e. The van der Waals surface area contributed by atoms with Gasteiger partial charge in [-0.2, -0.15) is 0 Å². The number of aromatic nitrogens is 2. The van der Waals surface area contributed by atoms with Crippen LogP contribution in [0.25, 0.3) is 0 Å². The topological polar surface area (TPSA) is 84.1 Å². The lowest BCUT2D eigenvalue weighted by atomic mass is 9.94. The van der Waals surface area contributed by atoms with E-state index in [1.807, 2.05) is 0 Å². The summed E-state index contributed by atoms with van der Waals surface area (Å²) in [5.41, 5.74) is 5.06.